The first-order valence-corrected chi connectivity index (χ1v) is 7.91. The van der Waals surface area contributed by atoms with Gasteiger partial charge in [-0.15, -0.1) is 0 Å². The number of hydrogen-bond donors (Lipinski definition) is 2. The Kier molecular flexibility index (Phi) is 4.40. The van der Waals surface area contributed by atoms with E-state index in [9.17, 15) is 8.42 Å². The molecule has 2 aromatic rings. The van der Waals surface area contributed by atoms with Gasteiger partial charge in [0, 0.05) is 0 Å². The first-order chi connectivity index (χ1) is 9.86. The number of sulfonamides is 1. The summed E-state index contributed by atoms with van der Waals surface area (Å²) in [5.74, 6) is 0. The Morgan fingerprint density at radius 2 is 1.62 bits per heavy atom. The van der Waals surface area contributed by atoms with E-state index in [1.807, 2.05) is 38.1 Å². The second-order valence-electron chi connectivity index (χ2n) is 4.74. The average Bonchev–Trinajstić information content (AvgIpc) is 2.45. The van der Waals surface area contributed by atoms with Gasteiger partial charge in [-0.2, -0.15) is 5.10 Å². The number of benzene rings is 2. The minimum absolute atomic E-state index is 0.0762. The van der Waals surface area contributed by atoms with Crippen LogP contribution in [0.3, 0.4) is 0 Å². The Morgan fingerprint density at radius 3 is 2.14 bits per heavy atom. The van der Waals surface area contributed by atoms with Crippen LogP contribution in [0.1, 0.15) is 18.1 Å². The highest BCUT2D eigenvalue weighted by molar-refractivity contribution is 7.89. The molecule has 6 heteroatoms. The molecule has 2 aromatic carbocycles. The fourth-order valence-electron chi connectivity index (χ4n) is 1.73. The number of hydrogen-bond acceptors (Lipinski definition) is 4. The fraction of sp³-hybridized carbons (Fsp3) is 0.133. The van der Waals surface area contributed by atoms with E-state index in [-0.39, 0.29) is 4.90 Å². The Hall–Kier alpha value is -2.18. The van der Waals surface area contributed by atoms with Gasteiger partial charge < -0.3 is 0 Å². The molecule has 3 N–H and O–H groups in total. The number of rotatable bonds is 4. The molecule has 0 aliphatic rings. The predicted octanol–water partition coefficient (Wildman–Crippen LogP) is 2.48. The second-order valence-corrected chi connectivity index (χ2v) is 6.31. The topological polar surface area (TPSA) is 84.5 Å². The molecule has 0 heterocycles. The molecule has 110 valence electrons. The number of nitrogens with zero attached hydrogens (tertiary/aromatic N) is 1. The minimum atomic E-state index is -3.66. The van der Waals surface area contributed by atoms with Crippen molar-refractivity contribution in [3.63, 3.8) is 0 Å². The van der Waals surface area contributed by atoms with E-state index >= 15 is 0 Å². The van der Waals surface area contributed by atoms with E-state index in [1.165, 1.54) is 17.7 Å². The van der Waals surface area contributed by atoms with E-state index in [0.717, 1.165) is 11.3 Å². The Balaban J connectivity index is 2.11. The molecule has 0 amide bonds. The number of nitrogens with two attached hydrogens (primary N) is 1. The third-order valence-electron chi connectivity index (χ3n) is 3.00. The predicted molar refractivity (Wildman–Crippen MR) is 84.8 cm³/mol. The summed E-state index contributed by atoms with van der Waals surface area (Å²) in [6.07, 6.45) is 0. The summed E-state index contributed by atoms with van der Waals surface area (Å²) >= 11 is 0. The molecule has 0 saturated heterocycles. The monoisotopic (exact) mass is 303 g/mol. The summed E-state index contributed by atoms with van der Waals surface area (Å²) in [5, 5.41) is 9.31. The van der Waals surface area contributed by atoms with Crippen LogP contribution in [0.4, 0.5) is 5.69 Å². The summed E-state index contributed by atoms with van der Waals surface area (Å²) in [5.41, 5.74) is 6.63. The van der Waals surface area contributed by atoms with E-state index in [0.29, 0.717) is 5.69 Å². The zero-order valence-corrected chi connectivity index (χ0v) is 12.7. The summed E-state index contributed by atoms with van der Waals surface area (Å²) in [7, 11) is -3.66. The van der Waals surface area contributed by atoms with Crippen molar-refractivity contribution in [3.8, 4) is 0 Å². The molecule has 0 saturated carbocycles. The zero-order valence-electron chi connectivity index (χ0n) is 11.9. The largest absolute Gasteiger partial charge is 0.278 e. The van der Waals surface area contributed by atoms with E-state index in [1.54, 1.807) is 12.1 Å². The maximum atomic E-state index is 11.2. The molecular weight excluding hydrogens is 286 g/mol. The Bertz CT molecular complexity index is 749. The van der Waals surface area contributed by atoms with Crippen molar-refractivity contribution in [3.05, 3.63) is 59.7 Å². The number of primary sulfonamides is 1. The smallest absolute Gasteiger partial charge is 0.238 e. The number of hydrazone groups is 1. The highest BCUT2D eigenvalue weighted by Crippen LogP contribution is 2.13. The number of anilines is 1. The van der Waals surface area contributed by atoms with E-state index in [4.69, 9.17) is 5.14 Å². The molecule has 5 nitrogen and oxygen atoms in total. The summed E-state index contributed by atoms with van der Waals surface area (Å²) in [6, 6.07) is 14.2. The summed E-state index contributed by atoms with van der Waals surface area (Å²) in [4.78, 5) is 0.0762. The molecule has 0 aromatic heterocycles. The quantitative estimate of drug-likeness (QED) is 0.672. The maximum absolute atomic E-state index is 11.2. The van der Waals surface area contributed by atoms with Gasteiger partial charge in [0.15, 0.2) is 0 Å². The number of aryl methyl sites for hydroxylation is 1. The van der Waals surface area contributed by atoms with Crippen LogP contribution in [0.2, 0.25) is 0 Å². The van der Waals surface area contributed by atoms with Gasteiger partial charge in [-0.1, -0.05) is 29.8 Å². The Labute approximate surface area is 124 Å². The number of nitrogens with one attached hydrogen (secondary N) is 1. The van der Waals surface area contributed by atoms with E-state index in [2.05, 4.69) is 10.5 Å². The highest BCUT2D eigenvalue weighted by atomic mass is 32.2. The standard InChI is InChI=1S/C15H17N3O2S/c1-11-3-5-13(6-4-11)12(2)17-18-14-7-9-15(10-8-14)21(16,19)20/h3-10,18H,1-2H3,(H2,16,19,20)/b17-12+. The molecular formula is C15H17N3O2S. The van der Waals surface area contributed by atoms with Gasteiger partial charge in [-0.25, -0.2) is 13.6 Å². The first-order valence-electron chi connectivity index (χ1n) is 6.36. The molecule has 21 heavy (non-hydrogen) atoms. The van der Waals surface area contributed by atoms with Gasteiger partial charge in [-0.05, 0) is 43.7 Å². The second kappa shape index (κ2) is 6.07. The van der Waals surface area contributed by atoms with Crippen LogP contribution < -0.4 is 10.6 Å². The van der Waals surface area contributed by atoms with E-state index < -0.39 is 10.0 Å². The van der Waals surface area contributed by atoms with Crippen molar-refractivity contribution in [1.82, 2.24) is 0 Å². The maximum Gasteiger partial charge on any atom is 0.238 e. The van der Waals surface area contributed by atoms with Gasteiger partial charge in [-0.3, -0.25) is 5.43 Å². The molecule has 0 aliphatic heterocycles. The minimum Gasteiger partial charge on any atom is -0.278 e. The lowest BCUT2D eigenvalue weighted by molar-refractivity contribution is 0.598. The summed E-state index contributed by atoms with van der Waals surface area (Å²) < 4.78 is 22.3. The van der Waals surface area contributed by atoms with Crippen molar-refractivity contribution < 1.29 is 8.42 Å². The normalized spacial score (nSPS) is 12.2. The molecule has 0 aliphatic carbocycles. The van der Waals surface area contributed by atoms with Crippen LogP contribution in [-0.2, 0) is 10.0 Å². The van der Waals surface area contributed by atoms with Gasteiger partial charge in [0.1, 0.15) is 0 Å². The van der Waals surface area contributed by atoms with Crippen LogP contribution in [0.5, 0.6) is 0 Å². The van der Waals surface area contributed by atoms with Crippen LogP contribution in [0.15, 0.2) is 58.5 Å². The lowest BCUT2D eigenvalue weighted by Gasteiger charge is -2.05. The lowest BCUT2D eigenvalue weighted by Crippen LogP contribution is -2.11. The van der Waals surface area contributed by atoms with Gasteiger partial charge >= 0.3 is 0 Å². The lowest BCUT2D eigenvalue weighted by atomic mass is 10.1. The van der Waals surface area contributed by atoms with Crippen LogP contribution in [-0.4, -0.2) is 14.1 Å². The molecule has 0 spiro atoms. The summed E-state index contributed by atoms with van der Waals surface area (Å²) in [6.45, 7) is 3.93. The van der Waals surface area contributed by atoms with Crippen molar-refractivity contribution in [1.29, 1.82) is 0 Å². The van der Waals surface area contributed by atoms with Gasteiger partial charge in [0.05, 0.1) is 16.3 Å². The van der Waals surface area contributed by atoms with Crippen LogP contribution in [0.25, 0.3) is 0 Å². The molecule has 0 fully saturated rings. The average molecular weight is 303 g/mol. The van der Waals surface area contributed by atoms with Crippen molar-refractivity contribution in [2.45, 2.75) is 18.7 Å². The first kappa shape index (κ1) is 15.2. The van der Waals surface area contributed by atoms with Gasteiger partial charge in [0.2, 0.25) is 10.0 Å². The molecule has 0 radical (unpaired) electrons. The van der Waals surface area contributed by atoms with Crippen molar-refractivity contribution >= 4 is 21.4 Å². The van der Waals surface area contributed by atoms with Crippen LogP contribution in [0, 0.1) is 6.92 Å². The highest BCUT2D eigenvalue weighted by Gasteiger charge is 2.06. The fourth-order valence-corrected chi connectivity index (χ4v) is 2.24. The molecule has 0 atom stereocenters. The molecule has 0 unspecified atom stereocenters. The van der Waals surface area contributed by atoms with Crippen molar-refractivity contribution in [2.75, 3.05) is 5.43 Å². The van der Waals surface area contributed by atoms with Gasteiger partial charge in [0.25, 0.3) is 0 Å². The van der Waals surface area contributed by atoms with Crippen LogP contribution >= 0.6 is 0 Å². The third-order valence-corrected chi connectivity index (χ3v) is 3.93. The molecule has 2 rings (SSSR count). The molecule has 0 bridgehead atoms. The SMILES string of the molecule is C/C(=N\Nc1ccc(S(N)(=O)=O)cc1)c1ccc(C)cc1. The zero-order chi connectivity index (χ0) is 15.5. The van der Waals surface area contributed by atoms with Crippen molar-refractivity contribution in [2.24, 2.45) is 10.2 Å². The Morgan fingerprint density at radius 1 is 1.05 bits per heavy atom. The third kappa shape index (κ3) is 4.14.